The first-order valence-electron chi connectivity index (χ1n) is 12.9. The number of piperidine rings is 1. The van der Waals surface area contributed by atoms with Crippen LogP contribution in [-0.2, 0) is 4.79 Å². The molecule has 2 saturated heterocycles. The van der Waals surface area contributed by atoms with Gasteiger partial charge in [-0.3, -0.25) is 19.8 Å². The van der Waals surface area contributed by atoms with Gasteiger partial charge in [0.15, 0.2) is 5.17 Å². The van der Waals surface area contributed by atoms with Gasteiger partial charge in [0.05, 0.1) is 15.5 Å². The summed E-state index contributed by atoms with van der Waals surface area (Å²) < 4.78 is 0. The van der Waals surface area contributed by atoms with Gasteiger partial charge in [-0.25, -0.2) is 4.99 Å². The highest BCUT2D eigenvalue weighted by Crippen LogP contribution is 2.40. The Hall–Kier alpha value is -3.13. The molecular weight excluding hydrogens is 472 g/mol. The minimum absolute atomic E-state index is 0.0359. The highest BCUT2D eigenvalue weighted by molar-refractivity contribution is 8.18. The number of nitrogens with zero attached hydrogens (tertiary/aromatic N) is 4. The van der Waals surface area contributed by atoms with Crippen LogP contribution in [0.4, 0.5) is 17.1 Å². The number of nitro groups is 1. The van der Waals surface area contributed by atoms with Gasteiger partial charge in [0.25, 0.3) is 11.6 Å². The van der Waals surface area contributed by atoms with Crippen LogP contribution in [0.5, 0.6) is 0 Å². The largest absolute Gasteiger partial charge is 0.371 e. The average molecular weight is 505 g/mol. The smallest absolute Gasteiger partial charge is 0.270 e. The number of nitro benzene ring substituents is 1. The molecule has 3 fully saturated rings. The molecule has 0 radical (unpaired) electrons. The Morgan fingerprint density at radius 2 is 1.75 bits per heavy atom. The molecule has 0 bridgehead atoms. The van der Waals surface area contributed by atoms with E-state index in [0.717, 1.165) is 68.6 Å². The SMILES string of the molecule is CC1CCN(c2ccc([N+](=O)[O-])cc2/C=C2/SC(=Nc3ccccc3)N(C3CCCCC3)C2=O)CC1. The maximum Gasteiger partial charge on any atom is 0.270 e. The van der Waals surface area contributed by atoms with Crippen LogP contribution in [0.3, 0.4) is 0 Å². The van der Waals surface area contributed by atoms with Crippen molar-refractivity contribution < 1.29 is 9.72 Å². The summed E-state index contributed by atoms with van der Waals surface area (Å²) in [5.41, 5.74) is 2.52. The van der Waals surface area contributed by atoms with Crippen LogP contribution in [0.25, 0.3) is 6.08 Å². The second-order valence-electron chi connectivity index (χ2n) is 9.98. The molecule has 2 heterocycles. The number of anilines is 1. The molecule has 0 atom stereocenters. The summed E-state index contributed by atoms with van der Waals surface area (Å²) in [5.74, 6) is 0.625. The molecule has 188 valence electrons. The first-order chi connectivity index (χ1) is 17.5. The molecule has 2 aliphatic heterocycles. The summed E-state index contributed by atoms with van der Waals surface area (Å²) in [4.78, 5) is 34.6. The predicted octanol–water partition coefficient (Wildman–Crippen LogP) is 6.77. The third-order valence-electron chi connectivity index (χ3n) is 7.39. The van der Waals surface area contributed by atoms with Gasteiger partial charge < -0.3 is 4.90 Å². The number of aliphatic imine (C=N–C) groups is 1. The predicted molar refractivity (Wildman–Crippen MR) is 147 cm³/mol. The van der Waals surface area contributed by atoms with E-state index in [4.69, 9.17) is 4.99 Å². The zero-order valence-electron chi connectivity index (χ0n) is 20.6. The molecule has 2 aromatic carbocycles. The molecule has 0 spiro atoms. The first kappa shape index (κ1) is 24.6. The summed E-state index contributed by atoms with van der Waals surface area (Å²) in [6.45, 7) is 4.08. The molecule has 36 heavy (non-hydrogen) atoms. The van der Waals surface area contributed by atoms with E-state index >= 15 is 0 Å². The summed E-state index contributed by atoms with van der Waals surface area (Å²) >= 11 is 1.38. The Morgan fingerprint density at radius 3 is 2.44 bits per heavy atom. The van der Waals surface area contributed by atoms with Gasteiger partial charge in [0, 0.05) is 42.5 Å². The van der Waals surface area contributed by atoms with Crippen LogP contribution in [0.15, 0.2) is 58.4 Å². The number of rotatable bonds is 5. The fourth-order valence-electron chi connectivity index (χ4n) is 5.29. The topological polar surface area (TPSA) is 79.0 Å². The van der Waals surface area contributed by atoms with Gasteiger partial charge in [-0.1, -0.05) is 44.4 Å². The lowest BCUT2D eigenvalue weighted by Crippen LogP contribution is -2.40. The molecule has 2 aromatic rings. The summed E-state index contributed by atoms with van der Waals surface area (Å²) in [5, 5.41) is 12.3. The van der Waals surface area contributed by atoms with Crippen LogP contribution in [0.2, 0.25) is 0 Å². The van der Waals surface area contributed by atoms with E-state index in [1.54, 1.807) is 12.1 Å². The van der Waals surface area contributed by atoms with E-state index in [9.17, 15) is 14.9 Å². The Labute approximate surface area is 216 Å². The maximum atomic E-state index is 13.8. The molecule has 5 rings (SSSR count). The molecule has 8 heteroatoms. The highest BCUT2D eigenvalue weighted by atomic mass is 32.2. The number of amides is 1. The Morgan fingerprint density at radius 1 is 1.03 bits per heavy atom. The Balaban J connectivity index is 1.53. The molecular formula is C28H32N4O3S. The number of benzene rings is 2. The van der Waals surface area contributed by atoms with E-state index in [1.165, 1.54) is 18.2 Å². The molecule has 0 aromatic heterocycles. The zero-order valence-corrected chi connectivity index (χ0v) is 21.5. The minimum Gasteiger partial charge on any atom is -0.371 e. The van der Waals surface area contributed by atoms with Crippen LogP contribution in [0, 0.1) is 16.0 Å². The average Bonchev–Trinajstić information content (AvgIpc) is 3.19. The fourth-order valence-corrected chi connectivity index (χ4v) is 6.34. The second-order valence-corrected chi connectivity index (χ2v) is 11.0. The number of thioether (sulfide) groups is 1. The van der Waals surface area contributed by atoms with Gasteiger partial charge >= 0.3 is 0 Å². The van der Waals surface area contributed by atoms with E-state index in [1.807, 2.05) is 47.4 Å². The fraction of sp³-hybridized carbons (Fsp3) is 0.429. The number of para-hydroxylation sites is 1. The van der Waals surface area contributed by atoms with Crippen LogP contribution in [0.1, 0.15) is 57.4 Å². The molecule has 1 amide bonds. The zero-order chi connectivity index (χ0) is 25.1. The van der Waals surface area contributed by atoms with E-state index < -0.39 is 0 Å². The molecule has 1 saturated carbocycles. The number of hydrogen-bond acceptors (Lipinski definition) is 6. The van der Waals surface area contributed by atoms with Crippen molar-refractivity contribution in [1.82, 2.24) is 4.90 Å². The van der Waals surface area contributed by atoms with E-state index in [2.05, 4.69) is 11.8 Å². The van der Waals surface area contributed by atoms with Crippen molar-refractivity contribution in [3.05, 3.63) is 69.1 Å². The summed E-state index contributed by atoms with van der Waals surface area (Å²) in [7, 11) is 0. The van der Waals surface area contributed by atoms with Crippen molar-refractivity contribution in [2.75, 3.05) is 18.0 Å². The van der Waals surface area contributed by atoms with Crippen molar-refractivity contribution in [3.8, 4) is 0 Å². The summed E-state index contributed by atoms with van der Waals surface area (Å²) in [6.07, 6.45) is 9.39. The lowest BCUT2D eigenvalue weighted by atomic mass is 9.94. The third-order valence-corrected chi connectivity index (χ3v) is 8.37. The van der Waals surface area contributed by atoms with Gasteiger partial charge in [-0.2, -0.15) is 0 Å². The Bertz CT molecular complexity index is 1180. The van der Waals surface area contributed by atoms with Gasteiger partial charge in [-0.05, 0) is 67.6 Å². The molecule has 0 unspecified atom stereocenters. The normalized spacial score (nSPS) is 22.1. The minimum atomic E-state index is -0.371. The Kier molecular flexibility index (Phi) is 7.41. The van der Waals surface area contributed by atoms with Crippen molar-refractivity contribution in [2.24, 2.45) is 10.9 Å². The maximum absolute atomic E-state index is 13.8. The third kappa shape index (κ3) is 5.33. The quantitative estimate of drug-likeness (QED) is 0.255. The van der Waals surface area contributed by atoms with Crippen molar-refractivity contribution in [3.63, 3.8) is 0 Å². The van der Waals surface area contributed by atoms with Crippen molar-refractivity contribution in [2.45, 2.75) is 57.9 Å². The molecule has 0 N–H and O–H groups in total. The molecule has 7 nitrogen and oxygen atoms in total. The van der Waals surface area contributed by atoms with Crippen LogP contribution in [-0.4, -0.2) is 40.0 Å². The first-order valence-corrected chi connectivity index (χ1v) is 13.7. The van der Waals surface area contributed by atoms with Gasteiger partial charge in [0.1, 0.15) is 0 Å². The van der Waals surface area contributed by atoms with E-state index in [-0.39, 0.29) is 22.6 Å². The van der Waals surface area contributed by atoms with Gasteiger partial charge in [-0.15, -0.1) is 0 Å². The van der Waals surface area contributed by atoms with Crippen LogP contribution >= 0.6 is 11.8 Å². The summed E-state index contributed by atoms with van der Waals surface area (Å²) in [6, 6.07) is 14.9. The lowest BCUT2D eigenvalue weighted by molar-refractivity contribution is -0.384. The number of amidine groups is 1. The number of carbonyl (C=O) groups is 1. The highest BCUT2D eigenvalue weighted by Gasteiger charge is 2.39. The second kappa shape index (κ2) is 10.9. The van der Waals surface area contributed by atoms with Gasteiger partial charge in [0.2, 0.25) is 0 Å². The van der Waals surface area contributed by atoms with Crippen molar-refractivity contribution in [1.29, 1.82) is 0 Å². The molecule has 1 aliphatic carbocycles. The number of hydrogen-bond donors (Lipinski definition) is 0. The molecule has 3 aliphatic rings. The monoisotopic (exact) mass is 504 g/mol. The van der Waals surface area contributed by atoms with E-state index in [0.29, 0.717) is 16.0 Å². The standard InChI is InChI=1S/C28H32N4O3S/c1-20-14-16-30(17-15-20)25-13-12-24(32(34)35)18-21(25)19-26-27(33)31(23-10-6-3-7-11-23)28(36-26)29-22-8-4-2-5-9-22/h2,4-5,8-9,12-13,18-20,23H,3,6-7,10-11,14-17H2,1H3/b26-19+,29-28?. The number of non-ortho nitro benzene ring substituents is 1. The number of carbonyl (C=O) groups excluding carboxylic acids is 1. The van der Waals surface area contributed by atoms with Crippen molar-refractivity contribution >= 4 is 46.0 Å². The van der Waals surface area contributed by atoms with Crippen LogP contribution < -0.4 is 4.90 Å². The lowest BCUT2D eigenvalue weighted by Gasteiger charge is -2.33.